The number of ether oxygens (including phenoxy) is 4. The van der Waals surface area contributed by atoms with Gasteiger partial charge in [0, 0.05) is 16.8 Å². The van der Waals surface area contributed by atoms with Crippen molar-refractivity contribution in [1.29, 1.82) is 0 Å². The molecule has 0 bridgehead atoms. The molecule has 1 heterocycles. The molecule has 1 aliphatic rings. The Hall–Kier alpha value is -1.86. The van der Waals surface area contributed by atoms with Crippen molar-refractivity contribution in [2.45, 2.75) is 11.8 Å². The quantitative estimate of drug-likeness (QED) is 0.548. The van der Waals surface area contributed by atoms with E-state index in [-0.39, 0.29) is 11.5 Å². The molecule has 1 aromatic rings. The first-order valence-corrected chi connectivity index (χ1v) is 8.43. The number of rotatable bonds is 6. The van der Waals surface area contributed by atoms with Crippen LogP contribution in [0.2, 0.25) is 0 Å². The van der Waals surface area contributed by atoms with Crippen molar-refractivity contribution in [2.24, 2.45) is 0 Å². The summed E-state index contributed by atoms with van der Waals surface area (Å²) in [7, 11) is 5.93. The Morgan fingerprint density at radius 3 is 2.28 bits per heavy atom. The monoisotopic (exact) mass is 431 g/mol. The van der Waals surface area contributed by atoms with Crippen molar-refractivity contribution < 1.29 is 23.7 Å². The highest BCUT2D eigenvalue weighted by Crippen LogP contribution is 2.46. The highest BCUT2D eigenvalue weighted by Gasteiger charge is 2.43. The first-order valence-electron chi connectivity index (χ1n) is 7.26. The zero-order valence-corrected chi connectivity index (χ0v) is 16.9. The third-order valence-electron chi connectivity index (χ3n) is 3.82. The van der Waals surface area contributed by atoms with Crippen LogP contribution in [-0.2, 0) is 4.74 Å². The Morgan fingerprint density at radius 1 is 1.12 bits per heavy atom. The van der Waals surface area contributed by atoms with Gasteiger partial charge in [0.1, 0.15) is 0 Å². The molecule has 0 saturated heterocycles. The molecule has 0 fully saturated rings. The Bertz CT molecular complexity index is 762. The summed E-state index contributed by atoms with van der Waals surface area (Å²) in [6, 6.07) is 1.70. The lowest BCUT2D eigenvalue weighted by atomic mass is 9.91. The fraction of sp³-hybridized carbons (Fsp3) is 0.353. The van der Waals surface area contributed by atoms with E-state index in [1.54, 1.807) is 19.2 Å². The third-order valence-corrected chi connectivity index (χ3v) is 5.39. The molecule has 0 spiro atoms. The summed E-state index contributed by atoms with van der Waals surface area (Å²) in [4.78, 5) is 11.9. The lowest BCUT2D eigenvalue weighted by Crippen LogP contribution is -2.36. The van der Waals surface area contributed by atoms with Gasteiger partial charge < -0.3 is 24.3 Å². The smallest absolute Gasteiger partial charge is 0.204 e. The molecule has 1 unspecified atom stereocenters. The van der Waals surface area contributed by atoms with E-state index in [0.29, 0.717) is 33.0 Å². The van der Waals surface area contributed by atoms with Crippen LogP contribution in [0.4, 0.5) is 0 Å². The van der Waals surface area contributed by atoms with Crippen LogP contribution in [0.1, 0.15) is 15.9 Å². The standard InChI is InChI=1S/C17H19BrClNO5/c1-9-6-10(22-2)14(24-4)15(25-5)13(9)16(21)17(19)7-12(23-3)20-8-11(17)18/h6-8,20H,1-5H3. The number of nitrogens with one attached hydrogen (secondary N) is 1. The second-order valence-electron chi connectivity index (χ2n) is 5.23. The molecule has 136 valence electrons. The fourth-order valence-corrected chi connectivity index (χ4v) is 3.22. The molecule has 2 rings (SSSR count). The van der Waals surface area contributed by atoms with Gasteiger partial charge in [0.25, 0.3) is 0 Å². The van der Waals surface area contributed by atoms with Crippen LogP contribution in [0, 0.1) is 6.92 Å². The summed E-state index contributed by atoms with van der Waals surface area (Å²) in [6.07, 6.45) is 3.06. The van der Waals surface area contributed by atoms with Gasteiger partial charge in [0.2, 0.25) is 5.75 Å². The van der Waals surface area contributed by atoms with Crippen molar-refractivity contribution in [3.8, 4) is 17.2 Å². The Kier molecular flexibility index (Phi) is 5.90. The number of dihydropyridines is 1. The number of carbonyl (C=O) groups excluding carboxylic acids is 1. The number of halogens is 2. The van der Waals surface area contributed by atoms with Crippen LogP contribution in [0.15, 0.2) is 28.7 Å². The third kappa shape index (κ3) is 3.30. The lowest BCUT2D eigenvalue weighted by molar-refractivity contribution is 0.0967. The summed E-state index contributed by atoms with van der Waals surface area (Å²) in [5.74, 6) is 1.03. The number of ketones is 1. The van der Waals surface area contributed by atoms with E-state index >= 15 is 0 Å². The fourth-order valence-electron chi connectivity index (χ4n) is 2.57. The average Bonchev–Trinajstić information content (AvgIpc) is 2.62. The molecule has 0 saturated carbocycles. The van der Waals surface area contributed by atoms with Crippen molar-refractivity contribution in [2.75, 3.05) is 28.4 Å². The summed E-state index contributed by atoms with van der Waals surface area (Å²) in [6.45, 7) is 1.78. The maximum Gasteiger partial charge on any atom is 0.204 e. The maximum atomic E-state index is 13.4. The molecule has 1 aliphatic heterocycles. The van der Waals surface area contributed by atoms with Crippen molar-refractivity contribution in [3.05, 3.63) is 39.8 Å². The van der Waals surface area contributed by atoms with Gasteiger partial charge in [-0.3, -0.25) is 4.79 Å². The van der Waals surface area contributed by atoms with E-state index in [9.17, 15) is 4.79 Å². The van der Waals surface area contributed by atoms with Crippen LogP contribution in [0.3, 0.4) is 0 Å². The number of alkyl halides is 1. The first kappa shape index (κ1) is 19.5. The number of aryl methyl sites for hydroxylation is 1. The van der Waals surface area contributed by atoms with E-state index in [2.05, 4.69) is 21.2 Å². The average molecular weight is 433 g/mol. The van der Waals surface area contributed by atoms with Gasteiger partial charge in [-0.25, -0.2) is 0 Å². The topological polar surface area (TPSA) is 66.0 Å². The van der Waals surface area contributed by atoms with E-state index in [1.165, 1.54) is 34.5 Å². The van der Waals surface area contributed by atoms with Gasteiger partial charge in [0.15, 0.2) is 28.0 Å². The zero-order chi connectivity index (χ0) is 18.8. The van der Waals surface area contributed by atoms with Gasteiger partial charge in [-0.2, -0.15) is 0 Å². The molecule has 1 atom stereocenters. The normalized spacial score (nSPS) is 19.3. The van der Waals surface area contributed by atoms with Gasteiger partial charge in [-0.15, -0.1) is 0 Å². The number of methoxy groups -OCH3 is 4. The second kappa shape index (κ2) is 7.58. The molecule has 6 nitrogen and oxygen atoms in total. The SMILES string of the molecule is COC1=CC(Cl)(C(=O)c2c(C)cc(OC)c(OC)c2OC)C(Br)=CN1. The van der Waals surface area contributed by atoms with E-state index in [4.69, 9.17) is 30.5 Å². The van der Waals surface area contributed by atoms with Crippen molar-refractivity contribution >= 4 is 33.3 Å². The second-order valence-corrected chi connectivity index (χ2v) is 6.68. The van der Waals surface area contributed by atoms with Crippen molar-refractivity contribution in [3.63, 3.8) is 0 Å². The van der Waals surface area contributed by atoms with Crippen molar-refractivity contribution in [1.82, 2.24) is 5.32 Å². The number of benzene rings is 1. The predicted molar refractivity (Wildman–Crippen MR) is 99.0 cm³/mol. The number of allylic oxidation sites excluding steroid dienone is 2. The molecule has 0 amide bonds. The van der Waals surface area contributed by atoms with Crippen LogP contribution in [0.25, 0.3) is 0 Å². The number of hydrogen-bond acceptors (Lipinski definition) is 6. The predicted octanol–water partition coefficient (Wildman–Crippen LogP) is 3.51. The van der Waals surface area contributed by atoms with Gasteiger partial charge in [-0.1, -0.05) is 27.5 Å². The van der Waals surface area contributed by atoms with Gasteiger partial charge in [-0.05, 0) is 18.6 Å². The minimum atomic E-state index is -1.48. The molecule has 25 heavy (non-hydrogen) atoms. The minimum absolute atomic E-state index is 0.260. The van der Waals surface area contributed by atoms with E-state index < -0.39 is 4.87 Å². The molecule has 0 aliphatic carbocycles. The molecular weight excluding hydrogens is 414 g/mol. The zero-order valence-electron chi connectivity index (χ0n) is 14.5. The first-order chi connectivity index (χ1) is 11.8. The largest absolute Gasteiger partial charge is 0.493 e. The van der Waals surface area contributed by atoms with Gasteiger partial charge >= 0.3 is 0 Å². The van der Waals surface area contributed by atoms with Crippen LogP contribution in [0.5, 0.6) is 17.2 Å². The lowest BCUT2D eigenvalue weighted by Gasteiger charge is -2.28. The highest BCUT2D eigenvalue weighted by atomic mass is 79.9. The number of carbonyl (C=O) groups is 1. The summed E-state index contributed by atoms with van der Waals surface area (Å²) in [5, 5.41) is 2.88. The number of hydrogen-bond donors (Lipinski definition) is 1. The van der Waals surface area contributed by atoms with Crippen LogP contribution in [-0.4, -0.2) is 39.1 Å². The molecular formula is C17H19BrClNO5. The molecule has 0 aromatic heterocycles. The minimum Gasteiger partial charge on any atom is -0.493 e. The highest BCUT2D eigenvalue weighted by molar-refractivity contribution is 9.11. The Morgan fingerprint density at radius 2 is 1.76 bits per heavy atom. The maximum absolute atomic E-state index is 13.4. The molecule has 0 radical (unpaired) electrons. The van der Waals surface area contributed by atoms with Crippen LogP contribution < -0.4 is 19.5 Å². The Labute approximate surface area is 159 Å². The van der Waals surface area contributed by atoms with E-state index in [1.807, 2.05) is 0 Å². The number of Topliss-reactive ketones (excluding diaryl/α,β-unsaturated/α-hetero) is 1. The Balaban J connectivity index is 2.69. The van der Waals surface area contributed by atoms with E-state index in [0.717, 1.165) is 0 Å². The summed E-state index contributed by atoms with van der Waals surface area (Å²) < 4.78 is 21.7. The van der Waals surface area contributed by atoms with Crippen LogP contribution >= 0.6 is 27.5 Å². The molecule has 1 N–H and O–H groups in total. The summed E-state index contributed by atoms with van der Waals surface area (Å²) >= 11 is 10.0. The summed E-state index contributed by atoms with van der Waals surface area (Å²) in [5.41, 5.74) is 0.944. The molecule has 8 heteroatoms. The molecule has 1 aromatic carbocycles. The van der Waals surface area contributed by atoms with Gasteiger partial charge in [0.05, 0.1) is 34.0 Å².